The molecule has 11 heteroatoms. The molecule has 0 fully saturated rings. The van der Waals surface area contributed by atoms with Crippen LogP contribution < -0.4 is 15.4 Å². The van der Waals surface area contributed by atoms with Crippen LogP contribution >= 0.6 is 0 Å². The van der Waals surface area contributed by atoms with E-state index in [1.54, 1.807) is 6.07 Å². The maximum absolute atomic E-state index is 12.2. The van der Waals surface area contributed by atoms with Gasteiger partial charge in [0.15, 0.2) is 0 Å². The van der Waals surface area contributed by atoms with E-state index in [-0.39, 0.29) is 23.7 Å². The molecule has 0 aliphatic heterocycles. The molecule has 1 heterocycles. The predicted molar refractivity (Wildman–Crippen MR) is 97.7 cm³/mol. The van der Waals surface area contributed by atoms with Crippen molar-refractivity contribution in [3.05, 3.63) is 46.1 Å². The van der Waals surface area contributed by atoms with Gasteiger partial charge >= 0.3 is 0 Å². The van der Waals surface area contributed by atoms with Crippen molar-refractivity contribution in [3.63, 3.8) is 0 Å². The van der Waals surface area contributed by atoms with E-state index in [4.69, 9.17) is 0 Å². The SMILES string of the molecule is CCNc1cc(C)nc(NCCNS(=O)(=O)c2cccc([N+](=O)[O-])c2)n1. The number of rotatable bonds is 9. The van der Waals surface area contributed by atoms with Crippen molar-refractivity contribution in [3.8, 4) is 0 Å². The molecule has 2 rings (SSSR count). The van der Waals surface area contributed by atoms with Gasteiger partial charge in [-0.1, -0.05) is 6.07 Å². The Labute approximate surface area is 151 Å². The number of nitro groups is 1. The zero-order chi connectivity index (χ0) is 19.2. The normalized spacial score (nSPS) is 11.2. The third-order valence-corrected chi connectivity index (χ3v) is 4.71. The van der Waals surface area contributed by atoms with E-state index in [1.165, 1.54) is 18.2 Å². The zero-order valence-corrected chi connectivity index (χ0v) is 15.2. The highest BCUT2D eigenvalue weighted by Crippen LogP contribution is 2.17. The summed E-state index contributed by atoms with van der Waals surface area (Å²) in [4.78, 5) is 18.4. The first-order chi connectivity index (χ1) is 12.3. The summed E-state index contributed by atoms with van der Waals surface area (Å²) >= 11 is 0. The van der Waals surface area contributed by atoms with Crippen molar-refractivity contribution in [2.75, 3.05) is 30.3 Å². The van der Waals surface area contributed by atoms with Gasteiger partial charge in [-0.25, -0.2) is 18.1 Å². The van der Waals surface area contributed by atoms with E-state index in [1.807, 2.05) is 13.8 Å². The van der Waals surface area contributed by atoms with Crippen LogP contribution in [0.4, 0.5) is 17.5 Å². The van der Waals surface area contributed by atoms with Gasteiger partial charge in [0, 0.05) is 43.5 Å². The highest BCUT2D eigenvalue weighted by atomic mass is 32.2. The molecule has 0 amide bonds. The van der Waals surface area contributed by atoms with Crippen molar-refractivity contribution in [1.82, 2.24) is 14.7 Å². The lowest BCUT2D eigenvalue weighted by Gasteiger charge is -2.10. The predicted octanol–water partition coefficient (Wildman–Crippen LogP) is 1.52. The quantitative estimate of drug-likeness (QED) is 0.338. The minimum atomic E-state index is -3.84. The van der Waals surface area contributed by atoms with E-state index in [9.17, 15) is 18.5 Å². The van der Waals surface area contributed by atoms with Crippen LogP contribution in [0.15, 0.2) is 35.2 Å². The number of aryl methyl sites for hydroxylation is 1. The molecule has 1 aromatic heterocycles. The van der Waals surface area contributed by atoms with E-state index in [0.29, 0.717) is 11.8 Å². The molecule has 0 aliphatic rings. The monoisotopic (exact) mass is 380 g/mol. The molecule has 10 nitrogen and oxygen atoms in total. The minimum absolute atomic E-state index is 0.0683. The number of sulfonamides is 1. The number of benzene rings is 1. The van der Waals surface area contributed by atoms with Gasteiger partial charge in [-0.05, 0) is 19.9 Å². The lowest BCUT2D eigenvalue weighted by molar-refractivity contribution is -0.385. The fraction of sp³-hybridized carbons (Fsp3) is 0.333. The van der Waals surface area contributed by atoms with Crippen LogP contribution in [0.5, 0.6) is 0 Å². The maximum Gasteiger partial charge on any atom is 0.270 e. The summed E-state index contributed by atoms with van der Waals surface area (Å²) in [5.74, 6) is 1.06. The molecule has 1 aromatic carbocycles. The number of nitrogens with zero attached hydrogens (tertiary/aromatic N) is 3. The first-order valence-electron chi connectivity index (χ1n) is 7.89. The number of anilines is 2. The van der Waals surface area contributed by atoms with Crippen molar-refractivity contribution >= 4 is 27.5 Å². The van der Waals surface area contributed by atoms with Crippen LogP contribution in [0.3, 0.4) is 0 Å². The molecule has 0 aliphatic carbocycles. The van der Waals surface area contributed by atoms with E-state index in [0.717, 1.165) is 18.3 Å². The van der Waals surface area contributed by atoms with Gasteiger partial charge < -0.3 is 10.6 Å². The van der Waals surface area contributed by atoms with Crippen LogP contribution in [0.2, 0.25) is 0 Å². The topological polar surface area (TPSA) is 139 Å². The highest BCUT2D eigenvalue weighted by molar-refractivity contribution is 7.89. The molecular weight excluding hydrogens is 360 g/mol. The molecular formula is C15H20N6O4S. The lowest BCUT2D eigenvalue weighted by atomic mass is 10.3. The summed E-state index contributed by atoms with van der Waals surface area (Å²) in [6.45, 7) is 4.83. The minimum Gasteiger partial charge on any atom is -0.370 e. The van der Waals surface area contributed by atoms with Gasteiger partial charge in [0.2, 0.25) is 16.0 Å². The fourth-order valence-corrected chi connectivity index (χ4v) is 3.20. The van der Waals surface area contributed by atoms with Crippen LogP contribution in [0.1, 0.15) is 12.6 Å². The highest BCUT2D eigenvalue weighted by Gasteiger charge is 2.17. The standard InChI is InChI=1S/C15H20N6O4S/c1-3-16-14-9-11(2)19-15(20-14)17-7-8-18-26(24,25)13-6-4-5-12(10-13)21(22)23/h4-6,9-10,18H,3,7-8H2,1-2H3,(H2,16,17,19,20). The summed E-state index contributed by atoms with van der Waals surface area (Å²) in [6, 6.07) is 6.68. The maximum atomic E-state index is 12.2. The third-order valence-electron chi connectivity index (χ3n) is 3.25. The van der Waals surface area contributed by atoms with Gasteiger partial charge in [-0.3, -0.25) is 10.1 Å². The Hall–Kier alpha value is -2.79. The molecule has 0 spiro atoms. The second-order valence-electron chi connectivity index (χ2n) is 5.33. The molecule has 0 saturated carbocycles. The summed E-state index contributed by atoms with van der Waals surface area (Å²) in [6.07, 6.45) is 0. The molecule has 0 atom stereocenters. The van der Waals surface area contributed by atoms with Gasteiger partial charge in [0.1, 0.15) is 5.82 Å². The number of non-ortho nitro benzene ring substituents is 1. The fourth-order valence-electron chi connectivity index (χ4n) is 2.13. The van der Waals surface area contributed by atoms with E-state index >= 15 is 0 Å². The van der Waals surface area contributed by atoms with Crippen molar-refractivity contribution in [2.45, 2.75) is 18.7 Å². The van der Waals surface area contributed by atoms with Gasteiger partial charge in [-0.15, -0.1) is 0 Å². The number of aromatic nitrogens is 2. The Bertz CT molecular complexity index is 887. The van der Waals surface area contributed by atoms with Crippen LogP contribution in [-0.2, 0) is 10.0 Å². The first-order valence-corrected chi connectivity index (χ1v) is 9.37. The van der Waals surface area contributed by atoms with Crippen LogP contribution in [0.25, 0.3) is 0 Å². The molecule has 3 N–H and O–H groups in total. The van der Waals surface area contributed by atoms with Gasteiger partial charge in [0.25, 0.3) is 5.69 Å². The largest absolute Gasteiger partial charge is 0.370 e. The van der Waals surface area contributed by atoms with Crippen LogP contribution in [0, 0.1) is 17.0 Å². The summed E-state index contributed by atoms with van der Waals surface area (Å²) in [5, 5.41) is 16.8. The summed E-state index contributed by atoms with van der Waals surface area (Å²) in [7, 11) is -3.84. The Morgan fingerprint density at radius 3 is 2.62 bits per heavy atom. The zero-order valence-electron chi connectivity index (χ0n) is 14.4. The van der Waals surface area contributed by atoms with E-state index in [2.05, 4.69) is 25.3 Å². The second kappa shape index (κ2) is 8.54. The Morgan fingerprint density at radius 1 is 1.15 bits per heavy atom. The van der Waals surface area contributed by atoms with Crippen molar-refractivity contribution < 1.29 is 13.3 Å². The average molecular weight is 380 g/mol. The molecule has 2 aromatic rings. The number of hydrogen-bond donors (Lipinski definition) is 3. The number of nitro benzene ring substituents is 1. The summed E-state index contributed by atoms with van der Waals surface area (Å²) in [5.41, 5.74) is 0.491. The molecule has 0 unspecified atom stereocenters. The third kappa shape index (κ3) is 5.36. The molecule has 0 bridgehead atoms. The van der Waals surface area contributed by atoms with Crippen LogP contribution in [-0.4, -0.2) is 42.9 Å². The first kappa shape index (κ1) is 19.5. The van der Waals surface area contributed by atoms with E-state index < -0.39 is 14.9 Å². The molecule has 0 saturated heterocycles. The Morgan fingerprint density at radius 2 is 1.92 bits per heavy atom. The lowest BCUT2D eigenvalue weighted by Crippen LogP contribution is -2.29. The van der Waals surface area contributed by atoms with Gasteiger partial charge in [-0.2, -0.15) is 4.98 Å². The van der Waals surface area contributed by atoms with Crippen molar-refractivity contribution in [1.29, 1.82) is 0 Å². The average Bonchev–Trinajstić information content (AvgIpc) is 2.59. The second-order valence-corrected chi connectivity index (χ2v) is 7.09. The number of hydrogen-bond acceptors (Lipinski definition) is 8. The molecule has 26 heavy (non-hydrogen) atoms. The molecule has 0 radical (unpaired) electrons. The summed E-state index contributed by atoms with van der Waals surface area (Å²) < 4.78 is 26.8. The number of nitrogens with one attached hydrogen (secondary N) is 3. The van der Waals surface area contributed by atoms with Crippen molar-refractivity contribution in [2.24, 2.45) is 0 Å². The smallest absolute Gasteiger partial charge is 0.270 e. The Kier molecular flexibility index (Phi) is 6.41. The Balaban J connectivity index is 1.95. The van der Waals surface area contributed by atoms with Gasteiger partial charge in [0.05, 0.1) is 9.82 Å². The molecule has 140 valence electrons.